The fraction of sp³-hybridized carbons (Fsp3) is 0.273. The van der Waals surface area contributed by atoms with E-state index in [0.717, 1.165) is 11.3 Å². The number of rotatable bonds is 9. The van der Waals surface area contributed by atoms with Gasteiger partial charge in [0.05, 0.1) is 0 Å². The Balaban J connectivity index is 1.31. The minimum atomic E-state index is -1.23. The molecule has 2 aliphatic rings. The van der Waals surface area contributed by atoms with Crippen molar-refractivity contribution in [2.24, 2.45) is 7.05 Å². The summed E-state index contributed by atoms with van der Waals surface area (Å²) in [6.07, 6.45) is 0. The van der Waals surface area contributed by atoms with E-state index in [1.807, 2.05) is 0 Å². The van der Waals surface area contributed by atoms with Crippen LogP contribution in [0.2, 0.25) is 0 Å². The third kappa shape index (κ3) is 5.32. The highest BCUT2D eigenvalue weighted by Gasteiger charge is 2.54. The number of nitrogens with two attached hydrogens (primary N) is 1. The summed E-state index contributed by atoms with van der Waals surface area (Å²) in [5, 5.41) is 28.1. The van der Waals surface area contributed by atoms with Gasteiger partial charge < -0.3 is 21.5 Å². The standard InChI is InChI=1S/C22H21N9O5S3/c1-30-22(27-28-29-30)39-8-11-7-37-19-14(18(34)31(19)15(11)20(35)36)26-17(33)13(10-5-3-2-4-6-10)25-16(32)12-9-38-21(23)24-12/h2-6,9,13-14,19H,7-8H2,1H3,(H2,23,24)(H,25,32)(H,26,33)(H,35,36)/t13?,14?,19-/m0/s1. The SMILES string of the molecule is Cn1nnnc1SCC1=C(C(=O)O)N2C(=O)C(NC(=O)C(NC(=O)c3csc(N)n3)c3ccccc3)[C@@H]2SC1. The maximum Gasteiger partial charge on any atom is 0.352 e. The van der Waals surface area contributed by atoms with Gasteiger partial charge in [-0.1, -0.05) is 42.1 Å². The first-order valence-corrected chi connectivity index (χ1v) is 14.3. The number of hydrogen-bond acceptors (Lipinski definition) is 12. The third-order valence-electron chi connectivity index (χ3n) is 5.93. The molecule has 0 bridgehead atoms. The van der Waals surface area contributed by atoms with Crippen LogP contribution in [0, 0.1) is 0 Å². The zero-order valence-electron chi connectivity index (χ0n) is 20.2. The number of thiazole rings is 1. The number of carbonyl (C=O) groups excluding carboxylic acids is 3. The molecule has 5 N–H and O–H groups in total. The van der Waals surface area contributed by atoms with Crippen molar-refractivity contribution < 1.29 is 24.3 Å². The molecule has 2 aliphatic heterocycles. The minimum absolute atomic E-state index is 0.0682. The first kappa shape index (κ1) is 26.6. The van der Waals surface area contributed by atoms with Crippen LogP contribution in [0.4, 0.5) is 5.13 Å². The predicted octanol–water partition coefficient (Wildman–Crippen LogP) is 0.251. The number of thioether (sulfide) groups is 2. The average Bonchev–Trinajstić information content (AvgIpc) is 3.56. The Morgan fingerprint density at radius 3 is 2.69 bits per heavy atom. The van der Waals surface area contributed by atoms with Gasteiger partial charge in [0.1, 0.15) is 28.8 Å². The molecule has 3 atom stereocenters. The highest BCUT2D eigenvalue weighted by molar-refractivity contribution is 8.01. The maximum atomic E-state index is 13.4. The van der Waals surface area contributed by atoms with E-state index in [1.165, 1.54) is 38.5 Å². The summed E-state index contributed by atoms with van der Waals surface area (Å²) in [4.78, 5) is 56.6. The zero-order valence-corrected chi connectivity index (χ0v) is 22.6. The molecular formula is C22H21N9O5S3. The predicted molar refractivity (Wildman–Crippen MR) is 142 cm³/mol. The van der Waals surface area contributed by atoms with Crippen LogP contribution in [0.25, 0.3) is 0 Å². The normalized spacial score (nSPS) is 19.2. The van der Waals surface area contributed by atoms with Crippen LogP contribution in [-0.2, 0) is 21.4 Å². The highest BCUT2D eigenvalue weighted by atomic mass is 32.2. The quantitative estimate of drug-likeness (QED) is 0.197. The fourth-order valence-electron chi connectivity index (χ4n) is 4.07. The lowest BCUT2D eigenvalue weighted by atomic mass is 10.0. The summed E-state index contributed by atoms with van der Waals surface area (Å²) in [6.45, 7) is 0. The van der Waals surface area contributed by atoms with Crippen molar-refractivity contribution in [1.82, 2.24) is 40.7 Å². The summed E-state index contributed by atoms with van der Waals surface area (Å²) in [5.74, 6) is -2.39. The molecule has 0 saturated carbocycles. The van der Waals surface area contributed by atoms with E-state index < -0.39 is 41.1 Å². The second-order valence-corrected chi connectivity index (χ2v) is 11.4. The van der Waals surface area contributed by atoms with Gasteiger partial charge in [-0.3, -0.25) is 19.3 Å². The van der Waals surface area contributed by atoms with Crippen molar-refractivity contribution in [2.45, 2.75) is 22.6 Å². The van der Waals surface area contributed by atoms with Gasteiger partial charge in [-0.25, -0.2) is 14.5 Å². The number of aromatic nitrogens is 5. The smallest absolute Gasteiger partial charge is 0.352 e. The molecule has 1 aromatic carbocycles. The van der Waals surface area contributed by atoms with Gasteiger partial charge in [-0.15, -0.1) is 28.2 Å². The molecule has 17 heteroatoms. The average molecular weight is 588 g/mol. The van der Waals surface area contributed by atoms with Crippen LogP contribution in [0.1, 0.15) is 22.1 Å². The van der Waals surface area contributed by atoms with Gasteiger partial charge in [-0.2, -0.15) is 0 Å². The largest absolute Gasteiger partial charge is 0.477 e. The van der Waals surface area contributed by atoms with Crippen molar-refractivity contribution in [2.75, 3.05) is 17.2 Å². The molecule has 4 heterocycles. The van der Waals surface area contributed by atoms with Crippen LogP contribution in [-0.4, -0.2) is 81.8 Å². The summed E-state index contributed by atoms with van der Waals surface area (Å²) in [7, 11) is 1.67. The van der Waals surface area contributed by atoms with Gasteiger partial charge in [0.15, 0.2) is 5.13 Å². The van der Waals surface area contributed by atoms with Crippen molar-refractivity contribution in [3.63, 3.8) is 0 Å². The number of hydrogen-bond donors (Lipinski definition) is 4. The summed E-state index contributed by atoms with van der Waals surface area (Å²) < 4.78 is 1.47. The number of nitrogens with zero attached hydrogens (tertiary/aromatic N) is 6. The second-order valence-electron chi connectivity index (χ2n) is 8.42. The first-order chi connectivity index (χ1) is 18.7. The summed E-state index contributed by atoms with van der Waals surface area (Å²) in [5.41, 5.74) is 6.63. The molecule has 2 aromatic heterocycles. The fourth-order valence-corrected chi connectivity index (χ4v) is 6.95. The lowest BCUT2D eigenvalue weighted by molar-refractivity contribution is -0.151. The molecule has 39 heavy (non-hydrogen) atoms. The van der Waals surface area contributed by atoms with Crippen LogP contribution < -0.4 is 16.4 Å². The number of carbonyl (C=O) groups is 4. The number of benzene rings is 1. The van der Waals surface area contributed by atoms with Gasteiger partial charge in [0.25, 0.3) is 11.8 Å². The molecule has 1 saturated heterocycles. The van der Waals surface area contributed by atoms with Crippen molar-refractivity contribution in [1.29, 1.82) is 0 Å². The summed E-state index contributed by atoms with van der Waals surface area (Å²) in [6, 6.07) is 6.46. The monoisotopic (exact) mass is 587 g/mol. The number of tetrazole rings is 1. The molecular weight excluding hydrogens is 567 g/mol. The Bertz CT molecular complexity index is 1470. The number of anilines is 1. The number of β-lactam (4-membered cyclic amide) rings is 1. The molecule has 0 spiro atoms. The Morgan fingerprint density at radius 2 is 2.05 bits per heavy atom. The van der Waals surface area contributed by atoms with E-state index in [4.69, 9.17) is 5.73 Å². The number of nitrogens with one attached hydrogen (secondary N) is 2. The molecule has 0 aliphatic carbocycles. The number of carboxylic acids is 1. The molecule has 202 valence electrons. The number of fused-ring (bicyclic) bond motifs is 1. The number of aliphatic carboxylic acids is 1. The number of aryl methyl sites for hydroxylation is 1. The van der Waals surface area contributed by atoms with Crippen LogP contribution in [0.3, 0.4) is 0 Å². The second kappa shape index (κ2) is 11.0. The first-order valence-electron chi connectivity index (χ1n) is 11.4. The van der Waals surface area contributed by atoms with Crippen LogP contribution in [0.5, 0.6) is 0 Å². The zero-order chi connectivity index (χ0) is 27.7. The van der Waals surface area contributed by atoms with E-state index >= 15 is 0 Å². The van der Waals surface area contributed by atoms with E-state index in [1.54, 1.807) is 37.4 Å². The number of carboxylic acid groups (broad SMARTS) is 1. The number of amides is 3. The molecule has 0 radical (unpaired) electrons. The Labute approximate surface area is 233 Å². The molecule has 14 nitrogen and oxygen atoms in total. The minimum Gasteiger partial charge on any atom is -0.477 e. The summed E-state index contributed by atoms with van der Waals surface area (Å²) >= 11 is 3.70. The molecule has 1 fully saturated rings. The van der Waals surface area contributed by atoms with E-state index in [-0.39, 0.29) is 22.3 Å². The molecule has 5 rings (SSSR count). The van der Waals surface area contributed by atoms with Crippen LogP contribution >= 0.6 is 34.9 Å². The number of nitrogen functional groups attached to an aromatic ring is 1. The Hall–Kier alpha value is -3.96. The van der Waals surface area contributed by atoms with E-state index in [9.17, 15) is 24.3 Å². The highest BCUT2D eigenvalue weighted by Crippen LogP contribution is 2.41. The lowest BCUT2D eigenvalue weighted by Crippen LogP contribution is -2.71. The van der Waals surface area contributed by atoms with Gasteiger partial charge in [0, 0.05) is 23.9 Å². The molecule has 3 aromatic rings. The molecule has 2 unspecified atom stereocenters. The van der Waals surface area contributed by atoms with E-state index in [0.29, 0.717) is 22.0 Å². The lowest BCUT2D eigenvalue weighted by Gasteiger charge is -2.49. The van der Waals surface area contributed by atoms with Gasteiger partial charge in [-0.05, 0) is 21.6 Å². The Kier molecular flexibility index (Phi) is 7.53. The topological polar surface area (TPSA) is 198 Å². The maximum absolute atomic E-state index is 13.4. The van der Waals surface area contributed by atoms with Gasteiger partial charge >= 0.3 is 5.97 Å². The Morgan fingerprint density at radius 1 is 1.28 bits per heavy atom. The van der Waals surface area contributed by atoms with Crippen molar-refractivity contribution in [3.05, 3.63) is 58.2 Å². The third-order valence-corrected chi connectivity index (χ3v) is 9.04. The van der Waals surface area contributed by atoms with Crippen LogP contribution in [0.15, 0.2) is 52.1 Å². The molecule has 3 amide bonds. The van der Waals surface area contributed by atoms with Crippen molar-refractivity contribution >= 4 is 63.7 Å². The van der Waals surface area contributed by atoms with E-state index in [2.05, 4.69) is 31.1 Å². The van der Waals surface area contributed by atoms with Crippen molar-refractivity contribution in [3.8, 4) is 0 Å². The van der Waals surface area contributed by atoms with Gasteiger partial charge in [0.2, 0.25) is 11.1 Å².